The van der Waals surface area contributed by atoms with Crippen LogP contribution >= 0.6 is 0 Å². The standard InChI is InChI=1S/C11H20N2/c1-6-8-9(7-2)12-13-10(8)11(3,4)5/h6-7H2,1-5H3,(H,12,13). The minimum absolute atomic E-state index is 0.162. The van der Waals surface area contributed by atoms with E-state index >= 15 is 0 Å². The van der Waals surface area contributed by atoms with Gasteiger partial charge in [0.25, 0.3) is 0 Å². The zero-order chi connectivity index (χ0) is 10.1. The zero-order valence-corrected chi connectivity index (χ0v) is 9.36. The highest BCUT2D eigenvalue weighted by Gasteiger charge is 2.22. The Labute approximate surface area is 80.7 Å². The van der Waals surface area contributed by atoms with Crippen LogP contribution < -0.4 is 0 Å². The van der Waals surface area contributed by atoms with E-state index in [2.05, 4.69) is 44.8 Å². The number of hydrogen-bond acceptors (Lipinski definition) is 1. The molecule has 0 fully saturated rings. The molecule has 1 heterocycles. The fraction of sp³-hybridized carbons (Fsp3) is 0.727. The fourth-order valence-corrected chi connectivity index (χ4v) is 1.69. The molecule has 0 aliphatic rings. The van der Waals surface area contributed by atoms with E-state index in [0.717, 1.165) is 12.8 Å². The summed E-state index contributed by atoms with van der Waals surface area (Å²) in [6, 6.07) is 0. The van der Waals surface area contributed by atoms with Crippen LogP contribution in [-0.4, -0.2) is 10.2 Å². The van der Waals surface area contributed by atoms with Crippen molar-refractivity contribution in [3.8, 4) is 0 Å². The van der Waals surface area contributed by atoms with Crippen molar-refractivity contribution in [2.24, 2.45) is 0 Å². The average molecular weight is 180 g/mol. The maximum Gasteiger partial charge on any atom is 0.0710 e. The van der Waals surface area contributed by atoms with Crippen LogP contribution in [0.5, 0.6) is 0 Å². The first-order valence-electron chi connectivity index (χ1n) is 5.07. The lowest BCUT2D eigenvalue weighted by Crippen LogP contribution is -2.14. The lowest BCUT2D eigenvalue weighted by Gasteiger charge is -2.17. The summed E-state index contributed by atoms with van der Waals surface area (Å²) < 4.78 is 0. The van der Waals surface area contributed by atoms with E-state index in [9.17, 15) is 0 Å². The van der Waals surface area contributed by atoms with Crippen LogP contribution in [0.4, 0.5) is 0 Å². The van der Waals surface area contributed by atoms with E-state index in [1.54, 1.807) is 0 Å². The lowest BCUT2D eigenvalue weighted by molar-refractivity contribution is 0.561. The van der Waals surface area contributed by atoms with Crippen LogP contribution in [-0.2, 0) is 18.3 Å². The normalized spacial score (nSPS) is 12.1. The molecule has 13 heavy (non-hydrogen) atoms. The molecule has 0 saturated heterocycles. The van der Waals surface area contributed by atoms with Gasteiger partial charge < -0.3 is 0 Å². The van der Waals surface area contributed by atoms with Crippen molar-refractivity contribution in [3.63, 3.8) is 0 Å². The minimum Gasteiger partial charge on any atom is -0.282 e. The Kier molecular flexibility index (Phi) is 2.79. The Morgan fingerprint density at radius 3 is 2.15 bits per heavy atom. The second-order valence-electron chi connectivity index (χ2n) is 4.49. The fourth-order valence-electron chi connectivity index (χ4n) is 1.69. The third kappa shape index (κ3) is 1.93. The largest absolute Gasteiger partial charge is 0.282 e. The minimum atomic E-state index is 0.162. The molecule has 0 aliphatic heterocycles. The molecule has 2 heteroatoms. The number of nitrogens with one attached hydrogen (secondary N) is 1. The summed E-state index contributed by atoms with van der Waals surface area (Å²) in [5.74, 6) is 0. The third-order valence-electron chi connectivity index (χ3n) is 2.37. The summed E-state index contributed by atoms with van der Waals surface area (Å²) in [6.07, 6.45) is 2.12. The van der Waals surface area contributed by atoms with E-state index in [1.165, 1.54) is 17.0 Å². The second-order valence-corrected chi connectivity index (χ2v) is 4.49. The molecule has 2 nitrogen and oxygen atoms in total. The van der Waals surface area contributed by atoms with Crippen molar-refractivity contribution in [2.45, 2.75) is 52.9 Å². The van der Waals surface area contributed by atoms with Crippen LogP contribution in [0.1, 0.15) is 51.6 Å². The van der Waals surface area contributed by atoms with Crippen molar-refractivity contribution >= 4 is 0 Å². The van der Waals surface area contributed by atoms with Gasteiger partial charge in [-0.15, -0.1) is 0 Å². The van der Waals surface area contributed by atoms with E-state index < -0.39 is 0 Å². The van der Waals surface area contributed by atoms with Crippen LogP contribution in [0, 0.1) is 0 Å². The number of aryl methyl sites for hydroxylation is 1. The molecule has 0 unspecified atom stereocenters. The summed E-state index contributed by atoms with van der Waals surface area (Å²) in [5.41, 5.74) is 4.10. The van der Waals surface area contributed by atoms with Crippen LogP contribution in [0.25, 0.3) is 0 Å². The first-order chi connectivity index (χ1) is 6.00. The average Bonchev–Trinajstić information content (AvgIpc) is 2.45. The lowest BCUT2D eigenvalue weighted by atomic mass is 9.88. The molecule has 1 aromatic heterocycles. The van der Waals surface area contributed by atoms with Crippen molar-refractivity contribution in [1.29, 1.82) is 0 Å². The monoisotopic (exact) mass is 180 g/mol. The molecule has 1 aromatic rings. The Bertz CT molecular complexity index is 279. The molecule has 74 valence electrons. The number of aromatic nitrogens is 2. The van der Waals surface area contributed by atoms with E-state index in [4.69, 9.17) is 0 Å². The summed E-state index contributed by atoms with van der Waals surface area (Å²) in [4.78, 5) is 0. The van der Waals surface area contributed by atoms with Gasteiger partial charge >= 0.3 is 0 Å². The number of H-pyrrole nitrogens is 1. The summed E-state index contributed by atoms with van der Waals surface area (Å²) in [5, 5.41) is 7.54. The Morgan fingerprint density at radius 2 is 1.77 bits per heavy atom. The van der Waals surface area contributed by atoms with E-state index in [1.807, 2.05) is 0 Å². The highest BCUT2D eigenvalue weighted by atomic mass is 15.1. The summed E-state index contributed by atoms with van der Waals surface area (Å²) in [6.45, 7) is 11.0. The smallest absolute Gasteiger partial charge is 0.0710 e. The number of aromatic amines is 1. The number of rotatable bonds is 2. The van der Waals surface area contributed by atoms with Crippen molar-refractivity contribution in [1.82, 2.24) is 10.2 Å². The van der Waals surface area contributed by atoms with Crippen molar-refractivity contribution in [3.05, 3.63) is 17.0 Å². The molecule has 0 amide bonds. The van der Waals surface area contributed by atoms with Gasteiger partial charge in [0.15, 0.2) is 0 Å². The van der Waals surface area contributed by atoms with Gasteiger partial charge in [-0.05, 0) is 18.4 Å². The van der Waals surface area contributed by atoms with E-state index in [-0.39, 0.29) is 5.41 Å². The molecule has 1 rings (SSSR count). The van der Waals surface area contributed by atoms with Gasteiger partial charge in [0, 0.05) is 11.1 Å². The van der Waals surface area contributed by atoms with Crippen LogP contribution in [0.15, 0.2) is 0 Å². The molecular formula is C11H20N2. The van der Waals surface area contributed by atoms with Crippen molar-refractivity contribution < 1.29 is 0 Å². The molecule has 0 spiro atoms. The first kappa shape index (κ1) is 10.3. The van der Waals surface area contributed by atoms with Crippen molar-refractivity contribution in [2.75, 3.05) is 0 Å². The SMILES string of the molecule is CCc1[nH]nc(C(C)(C)C)c1CC. The molecule has 0 atom stereocenters. The Balaban J connectivity index is 3.16. The van der Waals surface area contributed by atoms with Gasteiger partial charge in [-0.1, -0.05) is 34.6 Å². The molecule has 0 saturated carbocycles. The van der Waals surface area contributed by atoms with Crippen LogP contribution in [0.3, 0.4) is 0 Å². The molecule has 0 radical (unpaired) electrons. The van der Waals surface area contributed by atoms with Gasteiger partial charge in [0.05, 0.1) is 5.69 Å². The second kappa shape index (κ2) is 3.52. The topological polar surface area (TPSA) is 28.7 Å². The Morgan fingerprint density at radius 1 is 1.15 bits per heavy atom. The van der Waals surface area contributed by atoms with Gasteiger partial charge in [-0.2, -0.15) is 5.10 Å². The Hall–Kier alpha value is -0.790. The molecule has 0 aliphatic carbocycles. The molecule has 0 aromatic carbocycles. The molecule has 0 bridgehead atoms. The maximum absolute atomic E-state index is 4.40. The predicted molar refractivity (Wildman–Crippen MR) is 56.0 cm³/mol. The van der Waals surface area contributed by atoms with Crippen LogP contribution in [0.2, 0.25) is 0 Å². The maximum atomic E-state index is 4.40. The van der Waals surface area contributed by atoms with Gasteiger partial charge in [0.2, 0.25) is 0 Å². The first-order valence-corrected chi connectivity index (χ1v) is 5.07. The number of nitrogens with zero attached hydrogens (tertiary/aromatic N) is 1. The summed E-state index contributed by atoms with van der Waals surface area (Å²) in [7, 11) is 0. The summed E-state index contributed by atoms with van der Waals surface area (Å²) >= 11 is 0. The third-order valence-corrected chi connectivity index (χ3v) is 2.37. The molecule has 1 N–H and O–H groups in total. The van der Waals surface area contributed by atoms with Gasteiger partial charge in [-0.25, -0.2) is 0 Å². The van der Waals surface area contributed by atoms with Gasteiger partial charge in [0.1, 0.15) is 0 Å². The number of hydrogen-bond donors (Lipinski definition) is 1. The highest BCUT2D eigenvalue weighted by Crippen LogP contribution is 2.26. The van der Waals surface area contributed by atoms with Gasteiger partial charge in [-0.3, -0.25) is 5.10 Å². The highest BCUT2D eigenvalue weighted by molar-refractivity contribution is 5.30. The quantitative estimate of drug-likeness (QED) is 0.745. The van der Waals surface area contributed by atoms with E-state index in [0.29, 0.717) is 0 Å². The predicted octanol–water partition coefficient (Wildman–Crippen LogP) is 2.83. The zero-order valence-electron chi connectivity index (χ0n) is 9.36. The molecular weight excluding hydrogens is 160 g/mol.